The average Bonchev–Trinajstić information content (AvgIpc) is 2.93. The zero-order valence-electron chi connectivity index (χ0n) is 13.4. The van der Waals surface area contributed by atoms with E-state index in [0.717, 1.165) is 11.3 Å². The highest BCUT2D eigenvalue weighted by Crippen LogP contribution is 2.36. The average molecular weight is 396 g/mol. The fourth-order valence-corrected chi connectivity index (χ4v) is 3.65. The van der Waals surface area contributed by atoms with Crippen molar-refractivity contribution in [3.8, 4) is 0 Å². The number of halogens is 3. The maximum absolute atomic E-state index is 13.6. The molecule has 4 nitrogen and oxygen atoms in total. The number of carbonyl (C=O) groups excluding carboxylic acids is 2. The number of rotatable bonds is 4. The SMILES string of the molecule is C[C@H](OC(=O)c1sc2cc(F)ccc2c1Cl)C(=O)Nc1ccccc1F. The fourth-order valence-electron chi connectivity index (χ4n) is 2.23. The van der Waals surface area contributed by atoms with Crippen LogP contribution >= 0.6 is 22.9 Å². The first-order chi connectivity index (χ1) is 12.4. The van der Waals surface area contributed by atoms with Gasteiger partial charge in [-0.15, -0.1) is 11.3 Å². The summed E-state index contributed by atoms with van der Waals surface area (Å²) in [6, 6.07) is 9.60. The Hall–Kier alpha value is -2.51. The lowest BCUT2D eigenvalue weighted by Crippen LogP contribution is -2.30. The first-order valence-electron chi connectivity index (χ1n) is 7.50. The second kappa shape index (κ2) is 7.39. The fraction of sp³-hybridized carbons (Fsp3) is 0.111. The van der Waals surface area contributed by atoms with Crippen LogP contribution in [0.4, 0.5) is 14.5 Å². The molecule has 0 spiro atoms. The van der Waals surface area contributed by atoms with Gasteiger partial charge in [0.15, 0.2) is 6.10 Å². The molecule has 2 aromatic carbocycles. The van der Waals surface area contributed by atoms with E-state index in [1.165, 1.54) is 43.3 Å². The highest BCUT2D eigenvalue weighted by atomic mass is 35.5. The summed E-state index contributed by atoms with van der Waals surface area (Å²) in [5, 5.41) is 3.00. The summed E-state index contributed by atoms with van der Waals surface area (Å²) in [7, 11) is 0. The Bertz CT molecular complexity index is 1010. The summed E-state index contributed by atoms with van der Waals surface area (Å²) < 4.78 is 32.5. The van der Waals surface area contributed by atoms with Crippen molar-refractivity contribution in [2.45, 2.75) is 13.0 Å². The summed E-state index contributed by atoms with van der Waals surface area (Å²) >= 11 is 7.12. The molecule has 3 rings (SSSR count). The van der Waals surface area contributed by atoms with Gasteiger partial charge in [0.25, 0.3) is 5.91 Å². The third-order valence-electron chi connectivity index (χ3n) is 3.56. The molecule has 1 aromatic heterocycles. The van der Waals surface area contributed by atoms with Crippen molar-refractivity contribution < 1.29 is 23.1 Å². The molecule has 3 aromatic rings. The molecule has 1 amide bonds. The molecule has 0 aliphatic rings. The second-order valence-electron chi connectivity index (χ2n) is 5.40. The molecule has 26 heavy (non-hydrogen) atoms. The standard InChI is InChI=1S/C18H12ClF2NO3S/c1-9(17(23)22-13-5-3-2-4-12(13)21)25-18(24)16-15(19)11-7-6-10(20)8-14(11)26-16/h2-9H,1H3,(H,22,23)/t9-/m0/s1. The highest BCUT2D eigenvalue weighted by Gasteiger charge is 2.24. The van der Waals surface area contributed by atoms with Gasteiger partial charge >= 0.3 is 5.97 Å². The van der Waals surface area contributed by atoms with Gasteiger partial charge in [0.2, 0.25) is 0 Å². The molecule has 8 heteroatoms. The first-order valence-corrected chi connectivity index (χ1v) is 8.70. The molecule has 0 aliphatic carbocycles. The van der Waals surface area contributed by atoms with E-state index in [9.17, 15) is 18.4 Å². The van der Waals surface area contributed by atoms with Gasteiger partial charge in [0, 0.05) is 10.1 Å². The number of hydrogen-bond donors (Lipinski definition) is 1. The predicted molar refractivity (Wildman–Crippen MR) is 96.7 cm³/mol. The number of benzene rings is 2. The van der Waals surface area contributed by atoms with Gasteiger partial charge in [0.05, 0.1) is 10.7 Å². The van der Waals surface area contributed by atoms with Gasteiger partial charge in [-0.25, -0.2) is 13.6 Å². The third-order valence-corrected chi connectivity index (χ3v) is 5.20. The van der Waals surface area contributed by atoms with Gasteiger partial charge in [-0.1, -0.05) is 23.7 Å². The molecule has 0 fully saturated rings. The van der Waals surface area contributed by atoms with E-state index in [4.69, 9.17) is 16.3 Å². The van der Waals surface area contributed by atoms with Gasteiger partial charge in [-0.05, 0) is 37.3 Å². The van der Waals surface area contributed by atoms with Crippen molar-refractivity contribution in [2.24, 2.45) is 0 Å². The lowest BCUT2D eigenvalue weighted by molar-refractivity contribution is -0.123. The van der Waals surface area contributed by atoms with E-state index in [2.05, 4.69) is 5.32 Å². The van der Waals surface area contributed by atoms with Crippen molar-refractivity contribution in [3.05, 3.63) is 64.0 Å². The Balaban J connectivity index is 1.74. The van der Waals surface area contributed by atoms with Crippen molar-refractivity contribution in [3.63, 3.8) is 0 Å². The number of ether oxygens (including phenoxy) is 1. The zero-order chi connectivity index (χ0) is 18.8. The van der Waals surface area contributed by atoms with Gasteiger partial charge in [0.1, 0.15) is 16.5 Å². The molecule has 1 atom stereocenters. The van der Waals surface area contributed by atoms with E-state index in [0.29, 0.717) is 10.1 Å². The Morgan fingerprint density at radius 2 is 1.92 bits per heavy atom. The quantitative estimate of drug-likeness (QED) is 0.631. The number of thiophene rings is 1. The number of nitrogens with one attached hydrogen (secondary N) is 1. The topological polar surface area (TPSA) is 55.4 Å². The molecule has 0 unspecified atom stereocenters. The maximum Gasteiger partial charge on any atom is 0.350 e. The third kappa shape index (κ3) is 3.68. The van der Waals surface area contributed by atoms with Crippen LogP contribution in [0.5, 0.6) is 0 Å². The van der Waals surface area contributed by atoms with Crippen LogP contribution in [-0.2, 0) is 9.53 Å². The first kappa shape index (κ1) is 18.3. The molecule has 134 valence electrons. The minimum absolute atomic E-state index is 0.0178. The maximum atomic E-state index is 13.6. The van der Waals surface area contributed by atoms with Crippen LogP contribution in [0.25, 0.3) is 10.1 Å². The van der Waals surface area contributed by atoms with E-state index in [-0.39, 0.29) is 15.6 Å². The van der Waals surface area contributed by atoms with Crippen molar-refractivity contribution in [1.29, 1.82) is 0 Å². The summed E-state index contributed by atoms with van der Waals surface area (Å²) in [6.45, 7) is 1.36. The molecule has 1 heterocycles. The van der Waals surface area contributed by atoms with Crippen molar-refractivity contribution >= 4 is 50.6 Å². The van der Waals surface area contributed by atoms with E-state index >= 15 is 0 Å². The van der Waals surface area contributed by atoms with Crippen LogP contribution in [0, 0.1) is 11.6 Å². The van der Waals surface area contributed by atoms with Crippen LogP contribution in [-0.4, -0.2) is 18.0 Å². The van der Waals surface area contributed by atoms with Crippen LogP contribution in [0.15, 0.2) is 42.5 Å². The minimum Gasteiger partial charge on any atom is -0.448 e. The lowest BCUT2D eigenvalue weighted by Gasteiger charge is -2.13. The summed E-state index contributed by atoms with van der Waals surface area (Å²) in [5.41, 5.74) is -0.0178. The van der Waals surface area contributed by atoms with Crippen molar-refractivity contribution in [1.82, 2.24) is 0 Å². The van der Waals surface area contributed by atoms with Crippen LogP contribution in [0.3, 0.4) is 0 Å². The summed E-state index contributed by atoms with van der Waals surface area (Å²) in [6.07, 6.45) is -1.18. The number of hydrogen-bond acceptors (Lipinski definition) is 4. The van der Waals surface area contributed by atoms with E-state index in [1.54, 1.807) is 6.07 Å². The minimum atomic E-state index is -1.18. The number of esters is 1. The predicted octanol–water partition coefficient (Wildman–Crippen LogP) is 5.02. The second-order valence-corrected chi connectivity index (χ2v) is 6.83. The molecule has 1 N–H and O–H groups in total. The van der Waals surface area contributed by atoms with Crippen LogP contribution in [0.1, 0.15) is 16.6 Å². The number of para-hydroxylation sites is 1. The molecule has 0 saturated carbocycles. The van der Waals surface area contributed by atoms with Gasteiger partial charge < -0.3 is 10.1 Å². The summed E-state index contributed by atoms with van der Waals surface area (Å²) in [5.74, 6) is -2.55. The largest absolute Gasteiger partial charge is 0.448 e. The lowest BCUT2D eigenvalue weighted by atomic mass is 10.2. The molecule has 0 bridgehead atoms. The Morgan fingerprint density at radius 1 is 1.19 bits per heavy atom. The molecule has 0 radical (unpaired) electrons. The van der Waals surface area contributed by atoms with E-state index in [1.807, 2.05) is 0 Å². The number of carbonyl (C=O) groups is 2. The van der Waals surface area contributed by atoms with Gasteiger partial charge in [-0.3, -0.25) is 4.79 Å². The normalized spacial score (nSPS) is 12.0. The van der Waals surface area contributed by atoms with Crippen molar-refractivity contribution in [2.75, 3.05) is 5.32 Å². The Labute approximate surface area is 156 Å². The molecular formula is C18H12ClF2NO3S. The number of fused-ring (bicyclic) bond motifs is 1. The van der Waals surface area contributed by atoms with E-state index < -0.39 is 29.6 Å². The van der Waals surface area contributed by atoms with Crippen LogP contribution < -0.4 is 5.32 Å². The molecular weight excluding hydrogens is 384 g/mol. The molecule has 0 saturated heterocycles. The Kier molecular flexibility index (Phi) is 5.20. The Morgan fingerprint density at radius 3 is 2.65 bits per heavy atom. The zero-order valence-corrected chi connectivity index (χ0v) is 15.0. The summed E-state index contributed by atoms with van der Waals surface area (Å²) in [4.78, 5) is 24.5. The van der Waals surface area contributed by atoms with Crippen LogP contribution in [0.2, 0.25) is 5.02 Å². The highest BCUT2D eigenvalue weighted by molar-refractivity contribution is 7.21. The number of amides is 1. The molecule has 0 aliphatic heterocycles. The number of anilines is 1. The smallest absolute Gasteiger partial charge is 0.350 e. The monoisotopic (exact) mass is 395 g/mol. The van der Waals surface area contributed by atoms with Gasteiger partial charge in [-0.2, -0.15) is 0 Å².